The van der Waals surface area contributed by atoms with E-state index in [1.165, 1.54) is 12.1 Å². The van der Waals surface area contributed by atoms with Crippen molar-refractivity contribution in [2.24, 2.45) is 0 Å². The number of hydrogen-bond donors (Lipinski definition) is 1. The summed E-state index contributed by atoms with van der Waals surface area (Å²) >= 11 is 0. The quantitative estimate of drug-likeness (QED) is 0.479. The topological polar surface area (TPSA) is 73.6 Å². The molecule has 0 aliphatic rings. The first-order valence-corrected chi connectivity index (χ1v) is 5.56. The molecule has 1 unspecified atom stereocenters. The third-order valence-corrected chi connectivity index (χ3v) is 2.69. The number of hydrogen-bond acceptors (Lipinski definition) is 5. The fourth-order valence-corrected chi connectivity index (χ4v) is 1.70. The second-order valence-corrected chi connectivity index (χ2v) is 4.03. The summed E-state index contributed by atoms with van der Waals surface area (Å²) in [6, 6.07) is 4.58. The van der Waals surface area contributed by atoms with Crippen LogP contribution in [0.4, 0.5) is 11.4 Å². The minimum Gasteiger partial charge on any atom is -0.377 e. The molecule has 0 aromatic heterocycles. The molecule has 0 aliphatic heterocycles. The van der Waals surface area contributed by atoms with E-state index in [0.29, 0.717) is 5.69 Å². The summed E-state index contributed by atoms with van der Waals surface area (Å²) in [6.07, 6.45) is -0.413. The smallest absolute Gasteiger partial charge is 0.271 e. The fourth-order valence-electron chi connectivity index (χ4n) is 1.70. The van der Waals surface area contributed by atoms with Gasteiger partial charge in [0.15, 0.2) is 6.29 Å². The van der Waals surface area contributed by atoms with Crippen molar-refractivity contribution in [2.45, 2.75) is 26.2 Å². The molecule has 1 aromatic rings. The van der Waals surface area contributed by atoms with E-state index in [-0.39, 0.29) is 11.7 Å². The molecule has 0 radical (unpaired) electrons. The monoisotopic (exact) mass is 254 g/mol. The number of aryl methyl sites for hydroxylation is 1. The highest BCUT2D eigenvalue weighted by Crippen LogP contribution is 2.23. The second kappa shape index (κ2) is 6.32. The lowest BCUT2D eigenvalue weighted by Crippen LogP contribution is -2.34. The Hall–Kier alpha value is -1.66. The zero-order chi connectivity index (χ0) is 13.7. The number of ether oxygens (including phenoxy) is 2. The summed E-state index contributed by atoms with van der Waals surface area (Å²) in [5.74, 6) is 0. The van der Waals surface area contributed by atoms with Crippen LogP contribution >= 0.6 is 0 Å². The molecule has 1 rings (SSSR count). The van der Waals surface area contributed by atoms with Crippen LogP contribution in [0, 0.1) is 17.0 Å². The molecule has 0 fully saturated rings. The predicted octanol–water partition coefficient (Wildman–Crippen LogP) is 2.32. The molecule has 0 spiro atoms. The van der Waals surface area contributed by atoms with Crippen molar-refractivity contribution in [3.8, 4) is 0 Å². The highest BCUT2D eigenvalue weighted by Gasteiger charge is 2.17. The van der Waals surface area contributed by atoms with E-state index in [1.54, 1.807) is 20.3 Å². The average molecular weight is 254 g/mol. The van der Waals surface area contributed by atoms with Crippen molar-refractivity contribution < 1.29 is 14.4 Å². The number of nitro benzene ring substituents is 1. The molecular formula is C12H18N2O4. The molecule has 0 saturated heterocycles. The Kier molecular flexibility index (Phi) is 5.06. The largest absolute Gasteiger partial charge is 0.377 e. The first-order valence-electron chi connectivity index (χ1n) is 5.56. The van der Waals surface area contributed by atoms with Crippen LogP contribution in [0.2, 0.25) is 0 Å². The number of non-ortho nitro benzene ring substituents is 1. The van der Waals surface area contributed by atoms with Gasteiger partial charge in [-0.1, -0.05) is 6.07 Å². The second-order valence-electron chi connectivity index (χ2n) is 4.03. The summed E-state index contributed by atoms with van der Waals surface area (Å²) in [4.78, 5) is 10.3. The van der Waals surface area contributed by atoms with Crippen molar-refractivity contribution in [3.05, 3.63) is 33.9 Å². The molecular weight excluding hydrogens is 236 g/mol. The molecule has 6 nitrogen and oxygen atoms in total. The van der Waals surface area contributed by atoms with Crippen LogP contribution in [0.15, 0.2) is 18.2 Å². The van der Waals surface area contributed by atoms with E-state index >= 15 is 0 Å². The standard InChI is InChI=1S/C12H18N2O4/c1-8-5-6-10(14(15)16)7-11(8)13-9(2)12(17-3)18-4/h5-7,9,12-13H,1-4H3. The molecule has 100 valence electrons. The molecule has 6 heteroatoms. The van der Waals surface area contributed by atoms with Gasteiger partial charge in [0.25, 0.3) is 5.69 Å². The molecule has 18 heavy (non-hydrogen) atoms. The van der Waals surface area contributed by atoms with Gasteiger partial charge in [0.1, 0.15) is 0 Å². The molecule has 1 atom stereocenters. The number of nitrogens with zero attached hydrogens (tertiary/aromatic N) is 1. The molecule has 0 heterocycles. The van der Waals surface area contributed by atoms with Gasteiger partial charge >= 0.3 is 0 Å². The lowest BCUT2D eigenvalue weighted by molar-refractivity contribution is -0.384. The number of rotatable bonds is 6. The van der Waals surface area contributed by atoms with Crippen molar-refractivity contribution in [2.75, 3.05) is 19.5 Å². The molecule has 0 saturated carbocycles. The first kappa shape index (κ1) is 14.4. The van der Waals surface area contributed by atoms with Gasteiger partial charge in [-0.15, -0.1) is 0 Å². The zero-order valence-electron chi connectivity index (χ0n) is 11.0. The van der Waals surface area contributed by atoms with E-state index in [4.69, 9.17) is 9.47 Å². The Morgan fingerprint density at radius 2 is 1.94 bits per heavy atom. The lowest BCUT2D eigenvalue weighted by Gasteiger charge is -2.23. The number of nitrogens with one attached hydrogen (secondary N) is 1. The summed E-state index contributed by atoms with van der Waals surface area (Å²) in [7, 11) is 3.10. The van der Waals surface area contributed by atoms with Crippen LogP contribution in [-0.4, -0.2) is 31.5 Å². The van der Waals surface area contributed by atoms with Gasteiger partial charge in [-0.05, 0) is 19.4 Å². The normalized spacial score (nSPS) is 12.5. The number of nitro groups is 1. The third-order valence-electron chi connectivity index (χ3n) is 2.69. The molecule has 1 N–H and O–H groups in total. The van der Waals surface area contributed by atoms with E-state index in [0.717, 1.165) is 5.56 Å². The SMILES string of the molecule is COC(OC)C(C)Nc1cc([N+](=O)[O-])ccc1C. The van der Waals surface area contributed by atoms with Gasteiger partial charge in [0.2, 0.25) is 0 Å². The van der Waals surface area contributed by atoms with Crippen LogP contribution < -0.4 is 5.32 Å². The Balaban J connectivity index is 2.89. The fraction of sp³-hybridized carbons (Fsp3) is 0.500. The first-order chi connectivity index (χ1) is 8.49. The van der Waals surface area contributed by atoms with E-state index in [1.807, 2.05) is 13.8 Å². The van der Waals surface area contributed by atoms with Gasteiger partial charge in [-0.25, -0.2) is 0 Å². The summed E-state index contributed by atoms with van der Waals surface area (Å²) in [5.41, 5.74) is 1.69. The number of methoxy groups -OCH3 is 2. The van der Waals surface area contributed by atoms with E-state index < -0.39 is 11.2 Å². The maximum absolute atomic E-state index is 10.7. The third kappa shape index (κ3) is 3.41. The zero-order valence-corrected chi connectivity index (χ0v) is 11.0. The Bertz CT molecular complexity index is 419. The van der Waals surface area contributed by atoms with Crippen LogP contribution in [-0.2, 0) is 9.47 Å². The number of benzene rings is 1. The van der Waals surface area contributed by atoms with Crippen molar-refractivity contribution in [1.29, 1.82) is 0 Å². The average Bonchev–Trinajstić information content (AvgIpc) is 2.33. The van der Waals surface area contributed by atoms with Crippen molar-refractivity contribution >= 4 is 11.4 Å². The predicted molar refractivity (Wildman–Crippen MR) is 68.7 cm³/mol. The maximum Gasteiger partial charge on any atom is 0.271 e. The highest BCUT2D eigenvalue weighted by atomic mass is 16.7. The van der Waals surface area contributed by atoms with E-state index in [9.17, 15) is 10.1 Å². The lowest BCUT2D eigenvalue weighted by atomic mass is 10.1. The molecule has 1 aromatic carbocycles. The minimum absolute atomic E-state index is 0.0571. The summed E-state index contributed by atoms with van der Waals surface area (Å²) in [5, 5.41) is 13.9. The Morgan fingerprint density at radius 3 is 2.44 bits per heavy atom. The van der Waals surface area contributed by atoms with Crippen molar-refractivity contribution in [3.63, 3.8) is 0 Å². The molecule has 0 amide bonds. The van der Waals surface area contributed by atoms with Gasteiger partial charge in [0, 0.05) is 32.0 Å². The number of anilines is 1. The summed E-state index contributed by atoms with van der Waals surface area (Å²) < 4.78 is 10.3. The minimum atomic E-state index is -0.417. The van der Waals surface area contributed by atoms with Gasteiger partial charge in [-0.2, -0.15) is 0 Å². The van der Waals surface area contributed by atoms with Crippen LogP contribution in [0.1, 0.15) is 12.5 Å². The van der Waals surface area contributed by atoms with Crippen LogP contribution in [0.5, 0.6) is 0 Å². The van der Waals surface area contributed by atoms with E-state index in [2.05, 4.69) is 5.32 Å². The molecule has 0 aliphatic carbocycles. The molecule has 0 bridgehead atoms. The van der Waals surface area contributed by atoms with Gasteiger partial charge < -0.3 is 14.8 Å². The van der Waals surface area contributed by atoms with Gasteiger partial charge in [0.05, 0.1) is 11.0 Å². The van der Waals surface area contributed by atoms with Gasteiger partial charge in [-0.3, -0.25) is 10.1 Å². The van der Waals surface area contributed by atoms with Crippen LogP contribution in [0.3, 0.4) is 0 Å². The maximum atomic E-state index is 10.7. The highest BCUT2D eigenvalue weighted by molar-refractivity contribution is 5.57. The van der Waals surface area contributed by atoms with Crippen molar-refractivity contribution in [1.82, 2.24) is 0 Å². The Labute approximate surface area is 106 Å². The Morgan fingerprint density at radius 1 is 1.33 bits per heavy atom. The van der Waals surface area contributed by atoms with Crippen LogP contribution in [0.25, 0.3) is 0 Å². The summed E-state index contributed by atoms with van der Waals surface area (Å²) in [6.45, 7) is 3.77.